The van der Waals surface area contributed by atoms with E-state index in [1.807, 2.05) is 0 Å². The highest BCUT2D eigenvalue weighted by Gasteiger charge is 2.23. The minimum absolute atomic E-state index is 0.543. The van der Waals surface area contributed by atoms with Crippen molar-refractivity contribution < 1.29 is 0 Å². The number of H-pyrrole nitrogens is 1. The molecule has 0 atom stereocenters. The zero-order valence-corrected chi connectivity index (χ0v) is 14.9. The summed E-state index contributed by atoms with van der Waals surface area (Å²) in [6.45, 7) is 4.43. The molecular weight excluding hydrogens is 315 g/mol. The monoisotopic (exact) mass is 338 g/mol. The van der Waals surface area contributed by atoms with E-state index in [1.165, 1.54) is 32.1 Å². The molecule has 3 rings (SSSR count). The Labute approximate surface area is 142 Å². The van der Waals surface area contributed by atoms with E-state index >= 15 is 0 Å². The number of nitrogens with zero attached hydrogens (tertiary/aromatic N) is 1. The molecule has 0 aliphatic heterocycles. The third-order valence-electron chi connectivity index (χ3n) is 4.77. The van der Waals surface area contributed by atoms with Gasteiger partial charge in [-0.15, -0.1) is 0 Å². The maximum absolute atomic E-state index is 6.77. The number of nitrogens with one attached hydrogen (secondary N) is 1. The van der Waals surface area contributed by atoms with Crippen LogP contribution >= 0.6 is 23.2 Å². The second-order valence-electron chi connectivity index (χ2n) is 7.02. The van der Waals surface area contributed by atoms with Gasteiger partial charge in [0.15, 0.2) is 0 Å². The first-order chi connectivity index (χ1) is 10.6. The fourth-order valence-electron chi connectivity index (χ4n) is 3.68. The molecule has 1 aliphatic rings. The quantitative estimate of drug-likeness (QED) is 0.707. The highest BCUT2D eigenvalue weighted by atomic mass is 35.5. The molecule has 1 fully saturated rings. The first-order valence-electron chi connectivity index (χ1n) is 8.39. The lowest BCUT2D eigenvalue weighted by Gasteiger charge is -2.23. The van der Waals surface area contributed by atoms with Crippen LogP contribution in [-0.2, 0) is 12.8 Å². The number of imidazole rings is 1. The summed E-state index contributed by atoms with van der Waals surface area (Å²) in [6, 6.07) is 0. The number of aromatic nitrogens is 2. The molecule has 1 N–H and O–H groups in total. The fourth-order valence-corrected chi connectivity index (χ4v) is 4.38. The molecule has 0 saturated heterocycles. The maximum atomic E-state index is 6.77. The molecule has 1 saturated carbocycles. The third-order valence-corrected chi connectivity index (χ3v) is 5.64. The zero-order chi connectivity index (χ0) is 15.7. The average molecular weight is 339 g/mol. The van der Waals surface area contributed by atoms with Gasteiger partial charge in [0, 0.05) is 0 Å². The number of benzene rings is 1. The van der Waals surface area contributed by atoms with Crippen LogP contribution in [0.4, 0.5) is 0 Å². The van der Waals surface area contributed by atoms with Crippen molar-refractivity contribution in [1.29, 1.82) is 0 Å². The van der Waals surface area contributed by atoms with Crippen molar-refractivity contribution in [3.05, 3.63) is 27.5 Å². The molecule has 0 amide bonds. The Morgan fingerprint density at radius 1 is 1.14 bits per heavy atom. The van der Waals surface area contributed by atoms with Gasteiger partial charge in [-0.25, -0.2) is 4.98 Å². The Balaban J connectivity index is 2.04. The lowest BCUT2D eigenvalue weighted by Crippen LogP contribution is -2.11. The molecule has 0 radical (unpaired) electrons. The molecule has 1 heterocycles. The molecule has 1 aromatic carbocycles. The van der Waals surface area contributed by atoms with Gasteiger partial charge in [-0.2, -0.15) is 0 Å². The van der Waals surface area contributed by atoms with Crippen LogP contribution in [0.5, 0.6) is 0 Å². The highest BCUT2D eigenvalue weighted by molar-refractivity contribution is 6.40. The van der Waals surface area contributed by atoms with Crippen molar-refractivity contribution in [2.24, 2.45) is 11.8 Å². The van der Waals surface area contributed by atoms with Crippen LogP contribution < -0.4 is 0 Å². The van der Waals surface area contributed by atoms with Gasteiger partial charge in [-0.3, -0.25) is 0 Å². The second-order valence-corrected chi connectivity index (χ2v) is 7.77. The minimum atomic E-state index is 0.543. The number of rotatable bonds is 4. The van der Waals surface area contributed by atoms with Gasteiger partial charge in [0.05, 0.1) is 27.4 Å². The first kappa shape index (κ1) is 16.1. The number of fused-ring (bicyclic) bond motifs is 1. The van der Waals surface area contributed by atoms with Crippen molar-refractivity contribution in [3.63, 3.8) is 0 Å². The molecule has 4 heteroatoms. The Morgan fingerprint density at radius 2 is 1.86 bits per heavy atom. The van der Waals surface area contributed by atoms with E-state index in [0.717, 1.165) is 51.0 Å². The zero-order valence-electron chi connectivity index (χ0n) is 13.4. The molecular formula is C18H24Cl2N2. The van der Waals surface area contributed by atoms with Crippen LogP contribution in [0.25, 0.3) is 11.0 Å². The number of halogens is 2. The van der Waals surface area contributed by atoms with Crippen LogP contribution in [0.2, 0.25) is 10.0 Å². The summed E-state index contributed by atoms with van der Waals surface area (Å²) < 4.78 is 0. The van der Waals surface area contributed by atoms with Crippen LogP contribution in [0.1, 0.15) is 57.1 Å². The molecule has 0 unspecified atom stereocenters. The number of hydrogen-bond acceptors (Lipinski definition) is 1. The van der Waals surface area contributed by atoms with E-state index in [4.69, 9.17) is 23.2 Å². The summed E-state index contributed by atoms with van der Waals surface area (Å²) in [5.74, 6) is 1.26. The molecule has 0 spiro atoms. The fraction of sp³-hybridized carbons (Fsp3) is 0.611. The lowest BCUT2D eigenvalue weighted by atomic mass is 9.84. The largest absolute Gasteiger partial charge is 0.343 e. The maximum Gasteiger partial charge on any atom is 0.0945 e. The summed E-state index contributed by atoms with van der Waals surface area (Å²) in [5, 5.41) is 1.62. The van der Waals surface area contributed by atoms with Crippen molar-refractivity contribution >= 4 is 34.2 Å². The highest BCUT2D eigenvalue weighted by Crippen LogP contribution is 2.39. The van der Waals surface area contributed by atoms with Crippen LogP contribution in [-0.4, -0.2) is 9.97 Å². The van der Waals surface area contributed by atoms with Gasteiger partial charge in [0.2, 0.25) is 0 Å². The van der Waals surface area contributed by atoms with Gasteiger partial charge in [0.1, 0.15) is 0 Å². The van der Waals surface area contributed by atoms with E-state index in [0.29, 0.717) is 5.92 Å². The Hall–Kier alpha value is -0.730. The molecule has 0 bridgehead atoms. The second kappa shape index (κ2) is 6.80. The third kappa shape index (κ3) is 3.14. The number of hydrogen-bond donors (Lipinski definition) is 1. The van der Waals surface area contributed by atoms with Gasteiger partial charge >= 0.3 is 0 Å². The van der Waals surface area contributed by atoms with Gasteiger partial charge in [-0.1, -0.05) is 69.2 Å². The average Bonchev–Trinajstić information content (AvgIpc) is 2.98. The molecule has 120 valence electrons. The van der Waals surface area contributed by atoms with Gasteiger partial charge in [0.25, 0.3) is 0 Å². The van der Waals surface area contributed by atoms with Crippen molar-refractivity contribution in [1.82, 2.24) is 9.97 Å². The van der Waals surface area contributed by atoms with E-state index < -0.39 is 0 Å². The van der Waals surface area contributed by atoms with E-state index in [1.54, 1.807) is 6.33 Å². The SMILES string of the molecule is CC(C)Cc1c(Cl)c(CC2CCCCC2)c(Cl)c2[nH]cnc12. The van der Waals surface area contributed by atoms with Crippen molar-refractivity contribution in [2.75, 3.05) is 0 Å². The molecule has 1 aliphatic carbocycles. The Morgan fingerprint density at radius 3 is 2.55 bits per heavy atom. The predicted octanol–water partition coefficient (Wildman–Crippen LogP) is 6.19. The molecule has 2 nitrogen and oxygen atoms in total. The number of aromatic amines is 1. The summed E-state index contributed by atoms with van der Waals surface area (Å²) in [5.41, 5.74) is 4.18. The van der Waals surface area contributed by atoms with Crippen LogP contribution in [0, 0.1) is 11.8 Å². The van der Waals surface area contributed by atoms with Crippen LogP contribution in [0.15, 0.2) is 6.33 Å². The van der Waals surface area contributed by atoms with Gasteiger partial charge < -0.3 is 4.98 Å². The molecule has 22 heavy (non-hydrogen) atoms. The summed E-state index contributed by atoms with van der Waals surface area (Å²) >= 11 is 13.4. The standard InChI is InChI=1S/C18H24Cl2N2/c1-11(2)8-14-15(19)13(9-12-6-4-3-5-7-12)16(20)18-17(14)21-10-22-18/h10-12H,3-9H2,1-2H3,(H,21,22). The van der Waals surface area contributed by atoms with E-state index in [9.17, 15) is 0 Å². The topological polar surface area (TPSA) is 28.7 Å². The van der Waals surface area contributed by atoms with Gasteiger partial charge in [-0.05, 0) is 35.8 Å². The first-order valence-corrected chi connectivity index (χ1v) is 9.15. The van der Waals surface area contributed by atoms with Crippen molar-refractivity contribution in [3.8, 4) is 0 Å². The normalized spacial score (nSPS) is 16.8. The predicted molar refractivity (Wildman–Crippen MR) is 94.9 cm³/mol. The lowest BCUT2D eigenvalue weighted by molar-refractivity contribution is 0.357. The van der Waals surface area contributed by atoms with E-state index in [2.05, 4.69) is 23.8 Å². The van der Waals surface area contributed by atoms with E-state index in [-0.39, 0.29) is 0 Å². The summed E-state index contributed by atoms with van der Waals surface area (Å²) in [7, 11) is 0. The molecule has 2 aromatic rings. The Bertz CT molecular complexity index is 655. The minimum Gasteiger partial charge on any atom is -0.343 e. The van der Waals surface area contributed by atoms with Crippen molar-refractivity contribution in [2.45, 2.75) is 58.8 Å². The summed E-state index contributed by atoms with van der Waals surface area (Å²) in [4.78, 5) is 7.66. The van der Waals surface area contributed by atoms with Crippen LogP contribution in [0.3, 0.4) is 0 Å². The summed E-state index contributed by atoms with van der Waals surface area (Å²) in [6.07, 6.45) is 10.3. The molecule has 1 aromatic heterocycles. The smallest absolute Gasteiger partial charge is 0.0945 e. The Kier molecular flexibility index (Phi) is 4.99.